The molecule has 0 heterocycles. The molecule has 0 spiro atoms. The summed E-state index contributed by atoms with van der Waals surface area (Å²) in [7, 11) is -1.59. The summed E-state index contributed by atoms with van der Waals surface area (Å²) >= 11 is 0. The highest BCUT2D eigenvalue weighted by Crippen LogP contribution is 2.56. The molecule has 0 amide bonds. The van der Waals surface area contributed by atoms with Crippen LogP contribution in [0.3, 0.4) is 0 Å². The van der Waals surface area contributed by atoms with Crippen molar-refractivity contribution in [2.24, 2.45) is 0 Å². The van der Waals surface area contributed by atoms with E-state index in [9.17, 15) is 4.89 Å². The molecule has 4 nitrogen and oxygen atoms in total. The Labute approximate surface area is 61.8 Å². The molecular formula is C5H14O4P+. The van der Waals surface area contributed by atoms with E-state index in [2.05, 4.69) is 4.52 Å². The quantitative estimate of drug-likeness (QED) is 0.631. The first-order valence-electron chi connectivity index (χ1n) is 3.15. The van der Waals surface area contributed by atoms with Crippen LogP contribution in [0.15, 0.2) is 0 Å². The third-order valence-electron chi connectivity index (χ3n) is 0.815. The van der Waals surface area contributed by atoms with Crippen molar-refractivity contribution in [1.29, 1.82) is 0 Å². The number of rotatable bonds is 5. The molecule has 0 unspecified atom stereocenters. The molecule has 0 aliphatic carbocycles. The summed E-state index contributed by atoms with van der Waals surface area (Å²) < 4.78 is 14.3. The summed E-state index contributed by atoms with van der Waals surface area (Å²) in [6.07, 6.45) is 0. The molecule has 1 N–H and O–H groups in total. The maximum Gasteiger partial charge on any atom is 0.572 e. The maximum absolute atomic E-state index is 9.26. The first-order chi connectivity index (χ1) is 4.68. The summed E-state index contributed by atoms with van der Waals surface area (Å²) in [4.78, 5) is 9.26. The fourth-order valence-electron chi connectivity index (χ4n) is 0.469. The van der Waals surface area contributed by atoms with Crippen molar-refractivity contribution in [2.45, 2.75) is 13.8 Å². The van der Waals surface area contributed by atoms with E-state index >= 15 is 0 Å². The second-order valence-corrected chi connectivity index (χ2v) is 3.31. The van der Waals surface area contributed by atoms with Gasteiger partial charge in [0.05, 0.1) is 20.3 Å². The summed E-state index contributed by atoms with van der Waals surface area (Å²) in [5, 5.41) is 0. The van der Waals surface area contributed by atoms with Gasteiger partial charge in [0.1, 0.15) is 0 Å². The molecule has 0 bridgehead atoms. The van der Waals surface area contributed by atoms with E-state index in [4.69, 9.17) is 9.05 Å². The predicted octanol–water partition coefficient (Wildman–Crippen LogP) is 1.38. The second kappa shape index (κ2) is 4.99. The standard InChI is InChI=1S/C5H14O4P/c1-4-8-10(6,7-3)9-5-2/h6H,4-5H2,1-3H3/q+1. The molecular weight excluding hydrogens is 155 g/mol. The van der Waals surface area contributed by atoms with Gasteiger partial charge in [-0.2, -0.15) is 18.5 Å². The van der Waals surface area contributed by atoms with Crippen LogP contribution in [0, 0.1) is 0 Å². The predicted molar refractivity (Wildman–Crippen MR) is 39.4 cm³/mol. The Hall–Kier alpha value is 0.270. The summed E-state index contributed by atoms with van der Waals surface area (Å²) in [5.41, 5.74) is 0. The van der Waals surface area contributed by atoms with Crippen molar-refractivity contribution in [3.63, 3.8) is 0 Å². The Bertz CT molecular complexity index is 81.7. The molecule has 0 saturated heterocycles. The average Bonchev–Trinajstić information content (AvgIpc) is 1.89. The summed E-state index contributed by atoms with van der Waals surface area (Å²) in [6.45, 7) is 4.31. The minimum atomic E-state index is -2.95. The lowest BCUT2D eigenvalue weighted by atomic mass is 10.9. The van der Waals surface area contributed by atoms with E-state index < -0.39 is 8.17 Å². The van der Waals surface area contributed by atoms with Gasteiger partial charge >= 0.3 is 8.17 Å². The molecule has 0 aromatic heterocycles. The minimum Gasteiger partial charge on any atom is -0.168 e. The Morgan fingerprint density at radius 3 is 1.80 bits per heavy atom. The van der Waals surface area contributed by atoms with Crippen LogP contribution in [0.5, 0.6) is 0 Å². The van der Waals surface area contributed by atoms with Gasteiger partial charge in [0.2, 0.25) is 0 Å². The fourth-order valence-corrected chi connectivity index (χ4v) is 1.41. The fraction of sp³-hybridized carbons (Fsp3) is 1.00. The largest absolute Gasteiger partial charge is 0.572 e. The molecule has 0 aromatic carbocycles. The zero-order chi connectivity index (χ0) is 8.04. The normalized spacial score (nSPS) is 12.0. The lowest BCUT2D eigenvalue weighted by molar-refractivity contribution is 0.107. The van der Waals surface area contributed by atoms with Crippen molar-refractivity contribution in [3.8, 4) is 0 Å². The van der Waals surface area contributed by atoms with Gasteiger partial charge in [-0.05, 0) is 13.8 Å². The average molecular weight is 169 g/mol. The Morgan fingerprint density at radius 1 is 1.20 bits per heavy atom. The monoisotopic (exact) mass is 169 g/mol. The van der Waals surface area contributed by atoms with Crippen LogP contribution in [0.25, 0.3) is 0 Å². The van der Waals surface area contributed by atoms with Gasteiger partial charge in [0, 0.05) is 0 Å². The van der Waals surface area contributed by atoms with Crippen molar-refractivity contribution in [2.75, 3.05) is 20.3 Å². The van der Waals surface area contributed by atoms with Gasteiger partial charge in [-0.15, -0.1) is 0 Å². The zero-order valence-corrected chi connectivity index (χ0v) is 7.43. The minimum absolute atomic E-state index is 0.387. The molecule has 0 radical (unpaired) electrons. The smallest absolute Gasteiger partial charge is 0.168 e. The first kappa shape index (κ1) is 10.3. The molecule has 0 aromatic rings. The van der Waals surface area contributed by atoms with E-state index in [1.54, 1.807) is 13.8 Å². The van der Waals surface area contributed by atoms with Gasteiger partial charge in [-0.1, -0.05) is 0 Å². The van der Waals surface area contributed by atoms with Crippen molar-refractivity contribution < 1.29 is 18.5 Å². The van der Waals surface area contributed by atoms with Crippen LogP contribution >= 0.6 is 8.17 Å². The first-order valence-corrected chi connectivity index (χ1v) is 4.64. The highest BCUT2D eigenvalue weighted by molar-refractivity contribution is 7.55. The topological polar surface area (TPSA) is 47.9 Å². The van der Waals surface area contributed by atoms with Crippen LogP contribution in [0.1, 0.15) is 13.8 Å². The van der Waals surface area contributed by atoms with E-state index in [0.717, 1.165) is 0 Å². The van der Waals surface area contributed by atoms with E-state index in [1.807, 2.05) is 0 Å². The SMILES string of the molecule is CCO[P+](O)(OC)OCC. The zero-order valence-electron chi connectivity index (χ0n) is 6.53. The van der Waals surface area contributed by atoms with Crippen LogP contribution < -0.4 is 0 Å². The number of hydrogen-bond acceptors (Lipinski definition) is 4. The number of hydrogen-bond donors (Lipinski definition) is 1. The van der Waals surface area contributed by atoms with Gasteiger partial charge < -0.3 is 0 Å². The van der Waals surface area contributed by atoms with Gasteiger partial charge in [-0.3, -0.25) is 0 Å². The maximum atomic E-state index is 9.26. The molecule has 5 heteroatoms. The molecule has 0 aliphatic heterocycles. The molecule has 0 saturated carbocycles. The third kappa shape index (κ3) is 3.44. The van der Waals surface area contributed by atoms with Crippen LogP contribution in [0.2, 0.25) is 0 Å². The lowest BCUT2D eigenvalue weighted by Crippen LogP contribution is -2.03. The van der Waals surface area contributed by atoms with Crippen molar-refractivity contribution in [1.82, 2.24) is 0 Å². The molecule has 0 rings (SSSR count). The Kier molecular flexibility index (Phi) is 5.13. The van der Waals surface area contributed by atoms with Crippen LogP contribution in [-0.4, -0.2) is 25.2 Å². The van der Waals surface area contributed by atoms with Gasteiger partial charge in [0.25, 0.3) is 0 Å². The van der Waals surface area contributed by atoms with Gasteiger partial charge in [0.15, 0.2) is 0 Å². The van der Waals surface area contributed by atoms with Crippen LogP contribution in [-0.2, 0) is 13.6 Å². The molecule has 0 atom stereocenters. The lowest BCUT2D eigenvalue weighted by Gasteiger charge is -2.09. The molecule has 0 aliphatic rings. The van der Waals surface area contributed by atoms with E-state index in [-0.39, 0.29) is 0 Å². The van der Waals surface area contributed by atoms with E-state index in [0.29, 0.717) is 13.2 Å². The molecule has 62 valence electrons. The summed E-state index contributed by atoms with van der Waals surface area (Å²) in [6, 6.07) is 0. The molecule has 10 heavy (non-hydrogen) atoms. The van der Waals surface area contributed by atoms with Crippen molar-refractivity contribution in [3.05, 3.63) is 0 Å². The molecule has 0 fully saturated rings. The summed E-state index contributed by atoms with van der Waals surface area (Å²) in [5.74, 6) is 0. The Morgan fingerprint density at radius 2 is 1.60 bits per heavy atom. The van der Waals surface area contributed by atoms with Crippen LogP contribution in [0.4, 0.5) is 0 Å². The third-order valence-corrected chi connectivity index (χ3v) is 2.45. The Balaban J connectivity index is 3.69. The van der Waals surface area contributed by atoms with E-state index in [1.165, 1.54) is 7.11 Å². The second-order valence-electron chi connectivity index (χ2n) is 1.49. The highest BCUT2D eigenvalue weighted by atomic mass is 31.2. The van der Waals surface area contributed by atoms with Crippen molar-refractivity contribution >= 4 is 8.17 Å². The highest BCUT2D eigenvalue weighted by Gasteiger charge is 2.41. The van der Waals surface area contributed by atoms with Gasteiger partial charge in [-0.25, -0.2) is 0 Å².